The molecule has 0 aliphatic carbocycles. The standard InChI is InChI=1S/C11H12ClN3O3/c12-6-1-2-9-8(3-6)15(10(16)5-18-9)4-7(13)11(14)17/h1-3,7H,4-5,13H2,(H2,14,17). The summed E-state index contributed by atoms with van der Waals surface area (Å²) < 4.78 is 5.26. The minimum atomic E-state index is -0.932. The zero-order valence-electron chi connectivity index (χ0n) is 9.43. The van der Waals surface area contributed by atoms with Gasteiger partial charge in [0.05, 0.1) is 12.2 Å². The normalized spacial score (nSPS) is 15.9. The Labute approximate surface area is 108 Å². The van der Waals surface area contributed by atoms with Crippen LogP contribution in [0.5, 0.6) is 5.75 Å². The molecule has 2 amide bonds. The van der Waals surface area contributed by atoms with Crippen molar-refractivity contribution < 1.29 is 14.3 Å². The Balaban J connectivity index is 2.32. The summed E-state index contributed by atoms with van der Waals surface area (Å²) in [7, 11) is 0. The highest BCUT2D eigenvalue weighted by molar-refractivity contribution is 6.31. The van der Waals surface area contributed by atoms with E-state index in [4.69, 9.17) is 27.8 Å². The zero-order chi connectivity index (χ0) is 13.3. The van der Waals surface area contributed by atoms with Crippen molar-refractivity contribution in [2.45, 2.75) is 6.04 Å². The summed E-state index contributed by atoms with van der Waals surface area (Å²) in [4.78, 5) is 24.1. The fourth-order valence-electron chi connectivity index (χ4n) is 1.66. The zero-order valence-corrected chi connectivity index (χ0v) is 10.2. The van der Waals surface area contributed by atoms with Gasteiger partial charge in [0.15, 0.2) is 6.61 Å². The first-order chi connectivity index (χ1) is 8.49. The fraction of sp³-hybridized carbons (Fsp3) is 0.273. The van der Waals surface area contributed by atoms with E-state index in [0.29, 0.717) is 16.5 Å². The minimum Gasteiger partial charge on any atom is -0.482 e. The predicted molar refractivity (Wildman–Crippen MR) is 66.5 cm³/mol. The third-order valence-electron chi connectivity index (χ3n) is 2.61. The Kier molecular flexibility index (Phi) is 3.40. The number of ether oxygens (including phenoxy) is 1. The van der Waals surface area contributed by atoms with Gasteiger partial charge >= 0.3 is 0 Å². The third kappa shape index (κ3) is 2.39. The van der Waals surface area contributed by atoms with Crippen LogP contribution in [0.25, 0.3) is 0 Å². The van der Waals surface area contributed by atoms with E-state index in [0.717, 1.165) is 0 Å². The number of hydrogen-bond acceptors (Lipinski definition) is 4. The number of carbonyl (C=O) groups excluding carboxylic acids is 2. The first-order valence-electron chi connectivity index (χ1n) is 5.26. The number of halogens is 1. The lowest BCUT2D eigenvalue weighted by atomic mass is 10.2. The molecule has 96 valence electrons. The fourth-order valence-corrected chi connectivity index (χ4v) is 1.83. The molecule has 0 saturated carbocycles. The van der Waals surface area contributed by atoms with Crippen molar-refractivity contribution in [3.05, 3.63) is 23.2 Å². The van der Waals surface area contributed by atoms with Gasteiger partial charge in [-0.05, 0) is 18.2 Å². The van der Waals surface area contributed by atoms with Crippen LogP contribution >= 0.6 is 11.6 Å². The number of amides is 2. The molecule has 0 saturated heterocycles. The topological polar surface area (TPSA) is 98.6 Å². The number of benzene rings is 1. The maximum absolute atomic E-state index is 11.8. The summed E-state index contributed by atoms with van der Waals surface area (Å²) in [5.74, 6) is -0.435. The molecule has 1 heterocycles. The number of hydrogen-bond donors (Lipinski definition) is 2. The molecule has 1 atom stereocenters. The van der Waals surface area contributed by atoms with Gasteiger partial charge in [0.2, 0.25) is 5.91 Å². The van der Waals surface area contributed by atoms with Gasteiger partial charge in [0.1, 0.15) is 11.8 Å². The lowest BCUT2D eigenvalue weighted by Gasteiger charge is -2.30. The molecule has 1 aliphatic rings. The van der Waals surface area contributed by atoms with Gasteiger partial charge in [0, 0.05) is 5.02 Å². The van der Waals surface area contributed by atoms with Gasteiger partial charge in [-0.2, -0.15) is 0 Å². The van der Waals surface area contributed by atoms with Gasteiger partial charge < -0.3 is 21.1 Å². The number of nitrogens with two attached hydrogens (primary N) is 2. The second-order valence-corrected chi connectivity index (χ2v) is 4.35. The first kappa shape index (κ1) is 12.7. The second kappa shape index (κ2) is 4.83. The lowest BCUT2D eigenvalue weighted by Crippen LogP contribution is -2.50. The number of anilines is 1. The molecule has 0 aromatic heterocycles. The summed E-state index contributed by atoms with van der Waals surface area (Å²) >= 11 is 5.87. The lowest BCUT2D eigenvalue weighted by molar-refractivity contribution is -0.121. The van der Waals surface area contributed by atoms with Crippen LogP contribution in [0.4, 0.5) is 5.69 Å². The molecular weight excluding hydrogens is 258 g/mol. The Morgan fingerprint density at radius 2 is 2.28 bits per heavy atom. The van der Waals surface area contributed by atoms with Gasteiger partial charge in [-0.3, -0.25) is 9.59 Å². The van der Waals surface area contributed by atoms with E-state index in [1.165, 1.54) is 4.90 Å². The largest absolute Gasteiger partial charge is 0.482 e. The van der Waals surface area contributed by atoms with E-state index in [1.807, 2.05) is 0 Å². The highest BCUT2D eigenvalue weighted by atomic mass is 35.5. The van der Waals surface area contributed by atoms with Crippen LogP contribution in [-0.2, 0) is 9.59 Å². The smallest absolute Gasteiger partial charge is 0.265 e. The van der Waals surface area contributed by atoms with Crippen molar-refractivity contribution in [2.24, 2.45) is 11.5 Å². The van der Waals surface area contributed by atoms with Crippen LogP contribution < -0.4 is 21.1 Å². The average Bonchev–Trinajstić information content (AvgIpc) is 2.32. The van der Waals surface area contributed by atoms with Crippen molar-refractivity contribution in [2.75, 3.05) is 18.1 Å². The van der Waals surface area contributed by atoms with Crippen LogP contribution in [0.15, 0.2) is 18.2 Å². The average molecular weight is 270 g/mol. The molecule has 2 rings (SSSR count). The Morgan fingerprint density at radius 1 is 1.56 bits per heavy atom. The molecule has 1 aromatic carbocycles. The Morgan fingerprint density at radius 3 is 2.94 bits per heavy atom. The van der Waals surface area contributed by atoms with Crippen LogP contribution in [0.2, 0.25) is 5.02 Å². The summed E-state index contributed by atoms with van der Waals surface area (Å²) in [6.45, 7) is -0.0923. The molecule has 0 bridgehead atoms. The van der Waals surface area contributed by atoms with E-state index in [1.54, 1.807) is 18.2 Å². The van der Waals surface area contributed by atoms with Gasteiger partial charge in [-0.1, -0.05) is 11.6 Å². The SMILES string of the molecule is NC(=O)C(N)CN1C(=O)COc2ccc(Cl)cc21. The summed E-state index contributed by atoms with van der Waals surface area (Å²) in [5, 5.41) is 0.463. The number of fused-ring (bicyclic) bond motifs is 1. The molecule has 0 fully saturated rings. The van der Waals surface area contributed by atoms with Crippen LogP contribution in [0.3, 0.4) is 0 Å². The molecule has 4 N–H and O–H groups in total. The monoisotopic (exact) mass is 269 g/mol. The quantitative estimate of drug-likeness (QED) is 0.799. The molecule has 18 heavy (non-hydrogen) atoms. The number of primary amides is 1. The molecule has 7 heteroatoms. The van der Waals surface area contributed by atoms with E-state index >= 15 is 0 Å². The van der Waals surface area contributed by atoms with Crippen molar-refractivity contribution >= 4 is 29.1 Å². The maximum atomic E-state index is 11.8. The van der Waals surface area contributed by atoms with E-state index in [9.17, 15) is 9.59 Å². The van der Waals surface area contributed by atoms with Crippen molar-refractivity contribution in [1.82, 2.24) is 0 Å². The molecule has 0 spiro atoms. The van der Waals surface area contributed by atoms with E-state index < -0.39 is 11.9 Å². The van der Waals surface area contributed by atoms with Crippen molar-refractivity contribution in [3.63, 3.8) is 0 Å². The highest BCUT2D eigenvalue weighted by Gasteiger charge is 2.28. The molecule has 1 aromatic rings. The summed E-state index contributed by atoms with van der Waals surface area (Å²) in [6.07, 6.45) is 0. The van der Waals surface area contributed by atoms with E-state index in [-0.39, 0.29) is 19.1 Å². The van der Waals surface area contributed by atoms with Crippen LogP contribution in [0, 0.1) is 0 Å². The van der Waals surface area contributed by atoms with Gasteiger partial charge in [-0.15, -0.1) is 0 Å². The second-order valence-electron chi connectivity index (χ2n) is 3.91. The first-order valence-corrected chi connectivity index (χ1v) is 5.64. The summed E-state index contributed by atoms with van der Waals surface area (Å²) in [6, 6.07) is 3.97. The summed E-state index contributed by atoms with van der Waals surface area (Å²) in [5.41, 5.74) is 11.1. The van der Waals surface area contributed by atoms with Crippen molar-refractivity contribution in [1.29, 1.82) is 0 Å². The maximum Gasteiger partial charge on any atom is 0.265 e. The highest BCUT2D eigenvalue weighted by Crippen LogP contribution is 2.34. The minimum absolute atomic E-state index is 0.00483. The molecule has 0 radical (unpaired) electrons. The number of nitrogens with zero attached hydrogens (tertiary/aromatic N) is 1. The van der Waals surface area contributed by atoms with Gasteiger partial charge in [-0.25, -0.2) is 0 Å². The Hall–Kier alpha value is -1.79. The molecule has 1 aliphatic heterocycles. The number of carbonyl (C=O) groups is 2. The van der Waals surface area contributed by atoms with Crippen LogP contribution in [0.1, 0.15) is 0 Å². The van der Waals surface area contributed by atoms with Crippen molar-refractivity contribution in [3.8, 4) is 5.75 Å². The predicted octanol–water partition coefficient (Wildman–Crippen LogP) is -0.122. The molecule has 1 unspecified atom stereocenters. The molecule has 6 nitrogen and oxygen atoms in total. The Bertz CT molecular complexity index is 506. The molecular formula is C11H12ClN3O3. The van der Waals surface area contributed by atoms with Gasteiger partial charge in [0.25, 0.3) is 5.91 Å². The van der Waals surface area contributed by atoms with E-state index in [2.05, 4.69) is 0 Å². The third-order valence-corrected chi connectivity index (χ3v) is 2.84. The number of rotatable bonds is 3. The van der Waals surface area contributed by atoms with Crippen LogP contribution in [-0.4, -0.2) is 31.0 Å².